The largest absolute Gasteiger partial charge is 0.364 e. The Balaban J connectivity index is 1.60. The Hall–Kier alpha value is -2.26. The number of nitrogens with two attached hydrogens (primary N) is 1. The van der Waals surface area contributed by atoms with Gasteiger partial charge < -0.3 is 5.73 Å². The minimum Gasteiger partial charge on any atom is -0.364 e. The van der Waals surface area contributed by atoms with Crippen LogP contribution in [-0.4, -0.2) is 58.6 Å². The Morgan fingerprint density at radius 2 is 2.38 bits per heavy atom. The van der Waals surface area contributed by atoms with E-state index in [0.29, 0.717) is 11.7 Å². The molecule has 0 aliphatic carbocycles. The first kappa shape index (κ1) is 16.6. The number of hydrogen-bond donors (Lipinski definition) is 2. The van der Waals surface area contributed by atoms with Crippen LogP contribution < -0.4 is 10.6 Å². The van der Waals surface area contributed by atoms with Crippen molar-refractivity contribution in [2.75, 3.05) is 31.6 Å². The Bertz CT molecular complexity index is 713. The van der Waals surface area contributed by atoms with Gasteiger partial charge in [-0.2, -0.15) is 5.10 Å². The van der Waals surface area contributed by atoms with E-state index in [4.69, 9.17) is 5.73 Å². The molecule has 128 valence electrons. The second-order valence-electron chi connectivity index (χ2n) is 5.91. The van der Waals surface area contributed by atoms with E-state index in [2.05, 4.69) is 20.1 Å². The van der Waals surface area contributed by atoms with Crippen LogP contribution in [0.25, 0.3) is 0 Å². The number of aromatic nitrogens is 3. The number of aromatic amines is 1. The summed E-state index contributed by atoms with van der Waals surface area (Å²) in [5, 5.41) is 9.39. The molecular weight excluding hydrogens is 328 g/mol. The summed E-state index contributed by atoms with van der Waals surface area (Å²) in [6.45, 7) is 1.98. The van der Waals surface area contributed by atoms with E-state index in [1.165, 1.54) is 11.3 Å². The van der Waals surface area contributed by atoms with Crippen LogP contribution in [0.4, 0.5) is 5.13 Å². The quantitative estimate of drug-likeness (QED) is 0.831. The number of H-pyrrole nitrogens is 1. The molecule has 3 heterocycles. The second-order valence-corrected chi connectivity index (χ2v) is 6.79. The molecule has 1 saturated heterocycles. The molecule has 1 aliphatic heterocycles. The first-order valence-corrected chi connectivity index (χ1v) is 8.66. The van der Waals surface area contributed by atoms with E-state index in [1.807, 2.05) is 5.38 Å². The number of nitrogens with one attached hydrogen (secondary N) is 1. The summed E-state index contributed by atoms with van der Waals surface area (Å²) < 4.78 is 0. The first-order valence-electron chi connectivity index (χ1n) is 7.78. The number of hydrogen-bond acceptors (Lipinski definition) is 6. The van der Waals surface area contributed by atoms with E-state index in [1.54, 1.807) is 24.2 Å². The molecule has 8 nitrogen and oxygen atoms in total. The van der Waals surface area contributed by atoms with Crippen molar-refractivity contribution in [3.8, 4) is 0 Å². The maximum atomic E-state index is 12.4. The van der Waals surface area contributed by atoms with Gasteiger partial charge in [0.1, 0.15) is 5.69 Å². The molecule has 0 saturated carbocycles. The highest BCUT2D eigenvalue weighted by Gasteiger charge is 2.26. The maximum absolute atomic E-state index is 12.4. The third-order valence-electron chi connectivity index (χ3n) is 4.23. The topological polar surface area (TPSA) is 108 Å². The molecule has 2 aromatic rings. The highest BCUT2D eigenvalue weighted by atomic mass is 32.1. The molecule has 3 rings (SSSR count). The number of carbonyl (C=O) groups is 2. The number of carbonyl (C=O) groups excluding carboxylic acids is 2. The van der Waals surface area contributed by atoms with Crippen LogP contribution in [0.3, 0.4) is 0 Å². The van der Waals surface area contributed by atoms with E-state index in [-0.39, 0.29) is 17.5 Å². The smallest absolute Gasteiger partial charge is 0.269 e. The van der Waals surface area contributed by atoms with Gasteiger partial charge in [0.15, 0.2) is 5.13 Å². The number of likely N-dealkylation sites (N-methyl/N-ethyl adjacent to an activating group) is 1. The van der Waals surface area contributed by atoms with Crippen LogP contribution in [0.1, 0.15) is 34.9 Å². The number of amides is 2. The maximum Gasteiger partial charge on any atom is 0.269 e. The summed E-state index contributed by atoms with van der Waals surface area (Å²) in [7, 11) is 1.75. The van der Waals surface area contributed by atoms with Crippen LogP contribution in [0.15, 0.2) is 17.6 Å². The van der Waals surface area contributed by atoms with Crippen LogP contribution in [-0.2, 0) is 4.79 Å². The van der Waals surface area contributed by atoms with Crippen molar-refractivity contribution in [1.29, 1.82) is 0 Å². The molecule has 1 atom stereocenters. The van der Waals surface area contributed by atoms with Crippen molar-refractivity contribution in [3.05, 3.63) is 29.0 Å². The Kier molecular flexibility index (Phi) is 4.91. The lowest BCUT2D eigenvalue weighted by Crippen LogP contribution is -2.42. The number of rotatable bonds is 5. The molecule has 3 N–H and O–H groups in total. The van der Waals surface area contributed by atoms with Crippen molar-refractivity contribution in [2.24, 2.45) is 5.73 Å². The van der Waals surface area contributed by atoms with Gasteiger partial charge in [0.05, 0.1) is 6.54 Å². The first-order chi connectivity index (χ1) is 11.5. The zero-order valence-corrected chi connectivity index (χ0v) is 14.3. The van der Waals surface area contributed by atoms with Gasteiger partial charge >= 0.3 is 0 Å². The Labute approximate surface area is 143 Å². The molecule has 0 unspecified atom stereocenters. The van der Waals surface area contributed by atoms with E-state index >= 15 is 0 Å². The summed E-state index contributed by atoms with van der Waals surface area (Å²) in [6.07, 6.45) is 3.67. The standard InChI is InChI=1S/C15H20N6O2S/c1-20(15-17-4-6-24-15)13(22)9-21-5-2-3-10(8-21)11-7-12(14(16)23)19-18-11/h4,6-7,10H,2-3,5,8-9H2,1H3,(H2,16,23)(H,18,19)/t10-/m1/s1. The van der Waals surface area contributed by atoms with Crippen LogP contribution in [0.5, 0.6) is 0 Å². The number of nitrogens with zero attached hydrogens (tertiary/aromatic N) is 4. The molecular formula is C15H20N6O2S. The zero-order chi connectivity index (χ0) is 17.1. The normalized spacial score (nSPS) is 18.5. The lowest BCUT2D eigenvalue weighted by molar-refractivity contribution is -0.119. The molecule has 0 radical (unpaired) electrons. The molecule has 0 aromatic carbocycles. The Morgan fingerprint density at radius 1 is 1.54 bits per heavy atom. The number of anilines is 1. The number of thiazole rings is 1. The van der Waals surface area contributed by atoms with Gasteiger partial charge in [0, 0.05) is 36.8 Å². The van der Waals surface area contributed by atoms with Crippen LogP contribution >= 0.6 is 11.3 Å². The second kappa shape index (κ2) is 7.10. The van der Waals surface area contributed by atoms with Crippen molar-refractivity contribution in [2.45, 2.75) is 18.8 Å². The summed E-state index contributed by atoms with van der Waals surface area (Å²) in [4.78, 5) is 31.5. The van der Waals surface area contributed by atoms with E-state index < -0.39 is 5.91 Å². The van der Waals surface area contributed by atoms with Gasteiger partial charge in [-0.25, -0.2) is 4.98 Å². The lowest BCUT2D eigenvalue weighted by atomic mass is 9.94. The number of primary amides is 1. The summed E-state index contributed by atoms with van der Waals surface area (Å²) in [5.41, 5.74) is 6.39. The van der Waals surface area contributed by atoms with E-state index in [0.717, 1.165) is 31.6 Å². The lowest BCUT2D eigenvalue weighted by Gasteiger charge is -2.32. The average molecular weight is 348 g/mol. The predicted molar refractivity (Wildman–Crippen MR) is 91.0 cm³/mol. The Morgan fingerprint density at radius 3 is 3.04 bits per heavy atom. The fourth-order valence-electron chi connectivity index (χ4n) is 2.91. The van der Waals surface area contributed by atoms with Crippen molar-refractivity contribution < 1.29 is 9.59 Å². The molecule has 24 heavy (non-hydrogen) atoms. The monoisotopic (exact) mass is 348 g/mol. The molecule has 2 amide bonds. The summed E-state index contributed by atoms with van der Waals surface area (Å²) in [5.74, 6) is -0.296. The predicted octanol–water partition coefficient (Wildman–Crippen LogP) is 0.807. The highest BCUT2D eigenvalue weighted by molar-refractivity contribution is 7.13. The molecule has 0 bridgehead atoms. The summed E-state index contributed by atoms with van der Waals surface area (Å²) >= 11 is 1.44. The highest BCUT2D eigenvalue weighted by Crippen LogP contribution is 2.26. The molecule has 2 aromatic heterocycles. The summed E-state index contributed by atoms with van der Waals surface area (Å²) in [6, 6.07) is 1.71. The van der Waals surface area contributed by atoms with Crippen LogP contribution in [0.2, 0.25) is 0 Å². The van der Waals surface area contributed by atoms with Gasteiger partial charge in [0.25, 0.3) is 5.91 Å². The van der Waals surface area contributed by atoms with Crippen molar-refractivity contribution in [3.63, 3.8) is 0 Å². The number of piperidine rings is 1. The van der Waals surface area contributed by atoms with Gasteiger partial charge in [0.2, 0.25) is 5.91 Å². The van der Waals surface area contributed by atoms with Gasteiger partial charge in [-0.05, 0) is 25.5 Å². The van der Waals surface area contributed by atoms with E-state index in [9.17, 15) is 9.59 Å². The van der Waals surface area contributed by atoms with Gasteiger partial charge in [-0.1, -0.05) is 0 Å². The molecule has 0 spiro atoms. The fourth-order valence-corrected chi connectivity index (χ4v) is 3.54. The molecule has 9 heteroatoms. The van der Waals surface area contributed by atoms with Gasteiger partial charge in [-0.3, -0.25) is 24.5 Å². The van der Waals surface area contributed by atoms with Crippen molar-refractivity contribution in [1.82, 2.24) is 20.1 Å². The van der Waals surface area contributed by atoms with Gasteiger partial charge in [-0.15, -0.1) is 11.3 Å². The third kappa shape index (κ3) is 3.62. The minimum absolute atomic E-state index is 0.0213. The zero-order valence-electron chi connectivity index (χ0n) is 13.4. The molecule has 1 aliphatic rings. The SMILES string of the molecule is CN(C(=O)CN1CCC[C@@H](c2cc(C(N)=O)n[nH]2)C1)c1nccs1. The van der Waals surface area contributed by atoms with Crippen molar-refractivity contribution >= 4 is 28.3 Å². The van der Waals surface area contributed by atoms with Crippen LogP contribution in [0, 0.1) is 0 Å². The number of likely N-dealkylation sites (tertiary alicyclic amines) is 1. The molecule has 1 fully saturated rings. The minimum atomic E-state index is -0.537. The third-order valence-corrected chi connectivity index (χ3v) is 5.08. The average Bonchev–Trinajstić information content (AvgIpc) is 3.26. The fraction of sp³-hybridized carbons (Fsp3) is 0.467.